The van der Waals surface area contributed by atoms with Crippen molar-refractivity contribution in [3.05, 3.63) is 35.4 Å². The van der Waals surface area contributed by atoms with Gasteiger partial charge in [0.2, 0.25) is 6.29 Å². The minimum absolute atomic E-state index is 0.493. The standard InChI is InChI=1S/C10H12NO/c1-8-2-4-9(5-3-8)6-10(11)7-12/h2-5,10H,6,11H2,1H3/t10-/m1/s1. The molecule has 1 radical (unpaired) electrons. The average Bonchev–Trinajstić information content (AvgIpc) is 2.09. The number of hydrogen-bond acceptors (Lipinski definition) is 2. The maximum Gasteiger partial charge on any atom is 0.217 e. The Balaban J connectivity index is 2.64. The Labute approximate surface area is 72.4 Å². The number of hydrogen-bond donors (Lipinski definition) is 1. The van der Waals surface area contributed by atoms with Gasteiger partial charge in [-0.2, -0.15) is 0 Å². The van der Waals surface area contributed by atoms with Gasteiger partial charge in [0.1, 0.15) is 0 Å². The third-order valence-electron chi connectivity index (χ3n) is 1.73. The van der Waals surface area contributed by atoms with Crippen molar-refractivity contribution in [2.45, 2.75) is 19.4 Å². The molecule has 1 aromatic carbocycles. The van der Waals surface area contributed by atoms with E-state index >= 15 is 0 Å². The molecule has 0 bridgehead atoms. The zero-order valence-electron chi connectivity index (χ0n) is 7.08. The van der Waals surface area contributed by atoms with E-state index in [4.69, 9.17) is 5.73 Å². The van der Waals surface area contributed by atoms with Crippen molar-refractivity contribution in [1.82, 2.24) is 0 Å². The molecule has 0 aliphatic heterocycles. The van der Waals surface area contributed by atoms with E-state index in [0.29, 0.717) is 6.42 Å². The number of nitrogens with two attached hydrogens (primary N) is 1. The minimum Gasteiger partial charge on any atom is -0.321 e. The molecule has 63 valence electrons. The molecule has 0 aliphatic rings. The quantitative estimate of drug-likeness (QED) is 0.719. The summed E-state index contributed by atoms with van der Waals surface area (Å²) in [6, 6.07) is 7.48. The molecular weight excluding hydrogens is 150 g/mol. The Morgan fingerprint density at radius 3 is 2.50 bits per heavy atom. The van der Waals surface area contributed by atoms with Gasteiger partial charge in [0.15, 0.2) is 0 Å². The van der Waals surface area contributed by atoms with E-state index < -0.39 is 6.04 Å². The van der Waals surface area contributed by atoms with Crippen LogP contribution in [0, 0.1) is 6.92 Å². The van der Waals surface area contributed by atoms with Gasteiger partial charge in [-0.25, -0.2) is 0 Å². The molecule has 0 heterocycles. The molecule has 1 atom stereocenters. The molecule has 1 aromatic rings. The van der Waals surface area contributed by atoms with Gasteiger partial charge in [0.05, 0.1) is 6.04 Å². The van der Waals surface area contributed by atoms with Crippen LogP contribution in [-0.4, -0.2) is 12.3 Å². The number of benzene rings is 1. The van der Waals surface area contributed by atoms with Crippen molar-refractivity contribution >= 4 is 6.29 Å². The van der Waals surface area contributed by atoms with E-state index in [9.17, 15) is 4.79 Å². The molecule has 0 saturated heterocycles. The van der Waals surface area contributed by atoms with Crippen molar-refractivity contribution in [2.24, 2.45) is 5.73 Å². The normalized spacial score (nSPS) is 12.5. The van der Waals surface area contributed by atoms with Gasteiger partial charge in [-0.05, 0) is 18.9 Å². The molecule has 2 N–H and O–H groups in total. The van der Waals surface area contributed by atoms with Crippen LogP contribution in [0.3, 0.4) is 0 Å². The molecule has 0 unspecified atom stereocenters. The largest absolute Gasteiger partial charge is 0.321 e. The highest BCUT2D eigenvalue weighted by atomic mass is 16.1. The van der Waals surface area contributed by atoms with E-state index in [-0.39, 0.29) is 0 Å². The minimum atomic E-state index is -0.493. The van der Waals surface area contributed by atoms with Gasteiger partial charge in [0.25, 0.3) is 0 Å². The first-order valence-corrected chi connectivity index (χ1v) is 3.91. The van der Waals surface area contributed by atoms with Crippen LogP contribution in [0.4, 0.5) is 0 Å². The molecule has 0 spiro atoms. The van der Waals surface area contributed by atoms with E-state index in [1.807, 2.05) is 31.2 Å². The predicted molar refractivity (Wildman–Crippen MR) is 48.6 cm³/mol. The summed E-state index contributed by atoms with van der Waals surface area (Å²) in [6.07, 6.45) is 2.33. The van der Waals surface area contributed by atoms with Crippen LogP contribution in [0.2, 0.25) is 0 Å². The van der Waals surface area contributed by atoms with E-state index in [2.05, 4.69) is 0 Å². The smallest absolute Gasteiger partial charge is 0.217 e. The number of aryl methyl sites for hydroxylation is 1. The molecule has 0 aromatic heterocycles. The molecule has 0 fully saturated rings. The number of rotatable bonds is 3. The lowest BCUT2D eigenvalue weighted by Gasteiger charge is -2.02. The monoisotopic (exact) mass is 162 g/mol. The Bertz CT molecular complexity index is 253. The van der Waals surface area contributed by atoms with Gasteiger partial charge < -0.3 is 5.73 Å². The van der Waals surface area contributed by atoms with Gasteiger partial charge in [0, 0.05) is 0 Å². The van der Waals surface area contributed by atoms with E-state index in [1.54, 1.807) is 6.29 Å². The predicted octanol–water partition coefficient (Wildman–Crippen LogP) is 0.975. The summed E-state index contributed by atoms with van der Waals surface area (Å²) in [4.78, 5) is 10.1. The maximum absolute atomic E-state index is 10.1. The fourth-order valence-electron chi connectivity index (χ4n) is 1.02. The van der Waals surface area contributed by atoms with Crippen LogP contribution in [0.15, 0.2) is 24.3 Å². The third-order valence-corrected chi connectivity index (χ3v) is 1.73. The van der Waals surface area contributed by atoms with Crippen LogP contribution < -0.4 is 5.73 Å². The first kappa shape index (κ1) is 8.94. The highest BCUT2D eigenvalue weighted by Gasteiger charge is 2.01. The van der Waals surface area contributed by atoms with Gasteiger partial charge in [-0.15, -0.1) is 0 Å². The Hall–Kier alpha value is -1.15. The maximum atomic E-state index is 10.1. The average molecular weight is 162 g/mol. The lowest BCUT2D eigenvalue weighted by atomic mass is 10.1. The van der Waals surface area contributed by atoms with Crippen molar-refractivity contribution in [2.75, 3.05) is 0 Å². The van der Waals surface area contributed by atoms with Crippen LogP contribution in [0.1, 0.15) is 11.1 Å². The summed E-state index contributed by atoms with van der Waals surface area (Å²) < 4.78 is 0. The summed E-state index contributed by atoms with van der Waals surface area (Å²) in [6.45, 7) is 2.02. The summed E-state index contributed by atoms with van der Waals surface area (Å²) in [5, 5.41) is 0. The van der Waals surface area contributed by atoms with Crippen molar-refractivity contribution in [3.8, 4) is 0 Å². The fraction of sp³-hybridized carbons (Fsp3) is 0.300. The van der Waals surface area contributed by atoms with Crippen molar-refractivity contribution < 1.29 is 4.79 Å². The van der Waals surface area contributed by atoms with Gasteiger partial charge in [-0.1, -0.05) is 29.8 Å². The first-order valence-electron chi connectivity index (χ1n) is 3.91. The molecule has 2 nitrogen and oxygen atoms in total. The fourth-order valence-corrected chi connectivity index (χ4v) is 1.02. The van der Waals surface area contributed by atoms with Crippen LogP contribution >= 0.6 is 0 Å². The van der Waals surface area contributed by atoms with Crippen molar-refractivity contribution in [3.63, 3.8) is 0 Å². The summed E-state index contributed by atoms with van der Waals surface area (Å²) in [7, 11) is 0. The van der Waals surface area contributed by atoms with Crippen LogP contribution in [0.25, 0.3) is 0 Å². The summed E-state index contributed by atoms with van der Waals surface area (Å²) in [5.74, 6) is 0. The van der Waals surface area contributed by atoms with E-state index in [0.717, 1.165) is 5.56 Å². The van der Waals surface area contributed by atoms with Crippen LogP contribution in [-0.2, 0) is 11.2 Å². The first-order chi connectivity index (χ1) is 5.72. The second-order valence-electron chi connectivity index (χ2n) is 2.91. The molecule has 0 amide bonds. The topological polar surface area (TPSA) is 43.1 Å². The van der Waals surface area contributed by atoms with E-state index in [1.165, 1.54) is 5.56 Å². The Morgan fingerprint density at radius 1 is 1.42 bits per heavy atom. The second-order valence-corrected chi connectivity index (χ2v) is 2.91. The summed E-state index contributed by atoms with van der Waals surface area (Å²) >= 11 is 0. The zero-order chi connectivity index (χ0) is 8.97. The SMILES string of the molecule is Cc1ccc(C[C@@H](N)[C]=O)cc1. The van der Waals surface area contributed by atoms with Crippen LogP contribution in [0.5, 0.6) is 0 Å². The Morgan fingerprint density at radius 2 is 2.00 bits per heavy atom. The van der Waals surface area contributed by atoms with Gasteiger partial charge >= 0.3 is 0 Å². The van der Waals surface area contributed by atoms with Gasteiger partial charge in [-0.3, -0.25) is 4.79 Å². The molecule has 2 heteroatoms. The van der Waals surface area contributed by atoms with Crippen molar-refractivity contribution in [1.29, 1.82) is 0 Å². The lowest BCUT2D eigenvalue weighted by molar-refractivity contribution is 0.541. The highest BCUT2D eigenvalue weighted by Crippen LogP contribution is 2.04. The molecule has 0 aliphatic carbocycles. The molecule has 12 heavy (non-hydrogen) atoms. The molecule has 0 saturated carbocycles. The number of carbonyl (C=O) groups excluding carboxylic acids is 1. The molecule has 1 rings (SSSR count). The second kappa shape index (κ2) is 4.02. The molecular formula is C10H12NO. The summed E-state index contributed by atoms with van der Waals surface area (Å²) in [5.41, 5.74) is 7.71. The third kappa shape index (κ3) is 2.47. The lowest BCUT2D eigenvalue weighted by Crippen LogP contribution is -2.23. The highest BCUT2D eigenvalue weighted by molar-refractivity contribution is 5.58. The zero-order valence-corrected chi connectivity index (χ0v) is 7.08. The Kier molecular flexibility index (Phi) is 3.00.